The molecule has 1 heterocycles. The molecule has 0 aromatic heterocycles. The third-order valence-corrected chi connectivity index (χ3v) is 3.49. The molecule has 0 aromatic rings. The number of carboxylic acid groups (broad SMARTS) is 1. The number of ether oxygens (including phenoxy) is 1. The van der Waals surface area contributed by atoms with Crippen LogP contribution in [-0.4, -0.2) is 74.4 Å². The average Bonchev–Trinajstić information content (AvgIpc) is 2.42. The summed E-state index contributed by atoms with van der Waals surface area (Å²) in [6, 6.07) is 0. The SMILES string of the molecule is CC1C(O)CC(C)(C(=O)O)OC1C(O)C(O)CO.CC=O.[HH]. The van der Waals surface area contributed by atoms with Gasteiger partial charge in [-0.2, -0.15) is 0 Å². The lowest BCUT2D eigenvalue weighted by Gasteiger charge is -2.44. The molecule has 1 rings (SSSR count). The van der Waals surface area contributed by atoms with E-state index in [0.29, 0.717) is 0 Å². The summed E-state index contributed by atoms with van der Waals surface area (Å²) >= 11 is 0. The number of carbonyl (C=O) groups is 2. The first kappa shape index (κ1) is 19.9. The Labute approximate surface area is 124 Å². The summed E-state index contributed by atoms with van der Waals surface area (Å²) in [6.07, 6.45) is -4.27. The van der Waals surface area contributed by atoms with Crippen LogP contribution in [0.2, 0.25) is 0 Å². The van der Waals surface area contributed by atoms with E-state index in [2.05, 4.69) is 0 Å². The van der Waals surface area contributed by atoms with E-state index in [-0.39, 0.29) is 7.85 Å². The number of aliphatic carboxylic acids is 1. The number of carboxylic acids is 1. The normalized spacial score (nSPS) is 35.1. The minimum atomic E-state index is -1.62. The third kappa shape index (κ3) is 5.01. The molecule has 5 N–H and O–H groups in total. The van der Waals surface area contributed by atoms with Crippen molar-refractivity contribution in [3.8, 4) is 0 Å². The predicted molar refractivity (Wildman–Crippen MR) is 73.7 cm³/mol. The largest absolute Gasteiger partial charge is 0.479 e. The van der Waals surface area contributed by atoms with E-state index in [0.717, 1.165) is 6.29 Å². The zero-order valence-corrected chi connectivity index (χ0v) is 12.3. The van der Waals surface area contributed by atoms with Crippen LogP contribution in [0.5, 0.6) is 0 Å². The molecule has 0 bridgehead atoms. The van der Waals surface area contributed by atoms with E-state index >= 15 is 0 Å². The first-order valence-electron chi connectivity index (χ1n) is 6.60. The van der Waals surface area contributed by atoms with E-state index in [1.165, 1.54) is 13.8 Å². The number of rotatable bonds is 4. The maximum atomic E-state index is 11.1. The molecule has 126 valence electrons. The zero-order chi connectivity index (χ0) is 16.8. The minimum Gasteiger partial charge on any atom is -0.479 e. The molecule has 21 heavy (non-hydrogen) atoms. The van der Waals surface area contributed by atoms with Crippen LogP contribution in [0.3, 0.4) is 0 Å². The summed E-state index contributed by atoms with van der Waals surface area (Å²) in [5.41, 5.74) is -1.62. The fraction of sp³-hybridized carbons (Fsp3) is 0.846. The van der Waals surface area contributed by atoms with E-state index in [1.807, 2.05) is 0 Å². The van der Waals surface area contributed by atoms with Crippen molar-refractivity contribution in [3.63, 3.8) is 0 Å². The van der Waals surface area contributed by atoms with Gasteiger partial charge < -0.3 is 35.1 Å². The lowest BCUT2D eigenvalue weighted by molar-refractivity contribution is -0.232. The minimum absolute atomic E-state index is 0. The van der Waals surface area contributed by atoms with Crippen LogP contribution in [0.1, 0.15) is 28.6 Å². The van der Waals surface area contributed by atoms with Crippen LogP contribution in [0.15, 0.2) is 0 Å². The molecule has 1 saturated heterocycles. The number of hydrogen-bond donors (Lipinski definition) is 5. The highest BCUT2D eigenvalue weighted by Gasteiger charge is 2.49. The molecular formula is C13H26O8. The Bertz CT molecular complexity index is 353. The Morgan fingerprint density at radius 1 is 1.52 bits per heavy atom. The lowest BCUT2D eigenvalue weighted by atomic mass is 9.81. The fourth-order valence-electron chi connectivity index (χ4n) is 2.11. The molecule has 0 amide bonds. The van der Waals surface area contributed by atoms with Gasteiger partial charge in [-0.05, 0) is 13.8 Å². The number of aldehydes is 1. The molecule has 0 spiro atoms. The molecule has 1 fully saturated rings. The highest BCUT2D eigenvalue weighted by Crippen LogP contribution is 2.35. The molecule has 0 aliphatic carbocycles. The first-order valence-corrected chi connectivity index (χ1v) is 6.60. The first-order chi connectivity index (χ1) is 9.64. The molecule has 6 atom stereocenters. The maximum absolute atomic E-state index is 11.1. The molecule has 0 radical (unpaired) electrons. The smallest absolute Gasteiger partial charge is 0.335 e. The third-order valence-electron chi connectivity index (χ3n) is 3.49. The van der Waals surface area contributed by atoms with Crippen LogP contribution < -0.4 is 0 Å². The summed E-state index contributed by atoms with van der Waals surface area (Å²) in [7, 11) is 0. The summed E-state index contributed by atoms with van der Waals surface area (Å²) in [5.74, 6) is -1.79. The van der Waals surface area contributed by atoms with Crippen LogP contribution in [-0.2, 0) is 14.3 Å². The van der Waals surface area contributed by atoms with Gasteiger partial charge in [0.2, 0.25) is 0 Å². The van der Waals surface area contributed by atoms with Crippen LogP contribution in [0.25, 0.3) is 0 Å². The predicted octanol–water partition coefficient (Wildman–Crippen LogP) is -1.22. The van der Waals surface area contributed by atoms with Gasteiger partial charge in [0.25, 0.3) is 0 Å². The van der Waals surface area contributed by atoms with Crippen molar-refractivity contribution in [2.24, 2.45) is 5.92 Å². The second-order valence-electron chi connectivity index (χ2n) is 5.23. The van der Waals surface area contributed by atoms with Gasteiger partial charge in [0.05, 0.1) is 18.8 Å². The van der Waals surface area contributed by atoms with E-state index in [9.17, 15) is 20.1 Å². The molecule has 8 nitrogen and oxygen atoms in total. The summed E-state index contributed by atoms with van der Waals surface area (Å²) in [4.78, 5) is 19.9. The summed E-state index contributed by atoms with van der Waals surface area (Å²) in [6.45, 7) is 3.66. The standard InChI is InChI=1S/C11H20O7.C2H4O.H2/c1-5-6(13)3-11(2,10(16)17)18-9(5)8(15)7(14)4-12;1-2-3;/h5-9,12-15H,3-4H2,1-2H3,(H,16,17);2H,1H3;1H. The summed E-state index contributed by atoms with van der Waals surface area (Å²) < 4.78 is 5.32. The Balaban J connectivity index is 0. The van der Waals surface area contributed by atoms with E-state index in [4.69, 9.17) is 19.7 Å². The molecular weight excluding hydrogens is 284 g/mol. The van der Waals surface area contributed by atoms with Crippen LogP contribution >= 0.6 is 0 Å². The van der Waals surface area contributed by atoms with Crippen molar-refractivity contribution in [2.45, 2.75) is 57.2 Å². The lowest BCUT2D eigenvalue weighted by Crippen LogP contribution is -2.59. The van der Waals surface area contributed by atoms with Gasteiger partial charge in [-0.25, -0.2) is 4.79 Å². The second kappa shape index (κ2) is 8.40. The van der Waals surface area contributed by atoms with Crippen molar-refractivity contribution >= 4 is 12.3 Å². The van der Waals surface area contributed by atoms with Gasteiger partial charge in [0.15, 0.2) is 5.60 Å². The molecule has 8 heteroatoms. The highest BCUT2D eigenvalue weighted by atomic mass is 16.6. The topological polar surface area (TPSA) is 145 Å². The highest BCUT2D eigenvalue weighted by molar-refractivity contribution is 5.77. The second-order valence-corrected chi connectivity index (χ2v) is 5.23. The summed E-state index contributed by atoms with van der Waals surface area (Å²) in [5, 5.41) is 46.9. The number of aliphatic hydroxyl groups excluding tert-OH is 4. The van der Waals surface area contributed by atoms with Crippen LogP contribution in [0, 0.1) is 5.92 Å². The number of hydrogen-bond acceptors (Lipinski definition) is 7. The maximum Gasteiger partial charge on any atom is 0.335 e. The van der Waals surface area contributed by atoms with Gasteiger partial charge in [-0.15, -0.1) is 0 Å². The van der Waals surface area contributed by atoms with Gasteiger partial charge in [0.1, 0.15) is 18.5 Å². The van der Waals surface area contributed by atoms with Gasteiger partial charge in [-0.3, -0.25) is 0 Å². The monoisotopic (exact) mass is 310 g/mol. The van der Waals surface area contributed by atoms with Crippen LogP contribution in [0.4, 0.5) is 0 Å². The van der Waals surface area contributed by atoms with Gasteiger partial charge in [-0.1, -0.05) is 6.92 Å². The number of carbonyl (C=O) groups excluding carboxylic acids is 1. The van der Waals surface area contributed by atoms with E-state index < -0.39 is 48.5 Å². The fourth-order valence-corrected chi connectivity index (χ4v) is 2.11. The number of aliphatic hydroxyl groups is 4. The Morgan fingerprint density at radius 3 is 2.38 bits per heavy atom. The van der Waals surface area contributed by atoms with Crippen molar-refractivity contribution in [2.75, 3.05) is 6.61 Å². The molecule has 1 aliphatic rings. The molecule has 0 saturated carbocycles. The molecule has 0 aromatic carbocycles. The Morgan fingerprint density at radius 2 is 2.00 bits per heavy atom. The van der Waals surface area contributed by atoms with Crippen molar-refractivity contribution in [3.05, 3.63) is 0 Å². The van der Waals surface area contributed by atoms with E-state index in [1.54, 1.807) is 6.92 Å². The van der Waals surface area contributed by atoms with Gasteiger partial charge >= 0.3 is 5.97 Å². The van der Waals surface area contributed by atoms with Crippen molar-refractivity contribution in [1.82, 2.24) is 0 Å². The molecule has 6 unspecified atom stereocenters. The average molecular weight is 310 g/mol. The van der Waals surface area contributed by atoms with Gasteiger partial charge in [0, 0.05) is 13.8 Å². The van der Waals surface area contributed by atoms with Crippen molar-refractivity contribution < 1.29 is 41.3 Å². The Kier molecular flexibility index (Phi) is 7.98. The quantitative estimate of drug-likeness (QED) is 0.406. The Hall–Kier alpha value is -1.06. The van der Waals surface area contributed by atoms with Crippen molar-refractivity contribution in [1.29, 1.82) is 0 Å². The molecule has 1 aliphatic heterocycles. The zero-order valence-electron chi connectivity index (χ0n) is 12.3.